The van der Waals surface area contributed by atoms with Crippen molar-refractivity contribution < 1.29 is 13.9 Å². The molecule has 1 aliphatic carbocycles. The van der Waals surface area contributed by atoms with Crippen LogP contribution in [0.2, 0.25) is 0 Å². The van der Waals surface area contributed by atoms with Gasteiger partial charge in [0.2, 0.25) is 5.89 Å². The van der Waals surface area contributed by atoms with Gasteiger partial charge in [-0.25, -0.2) is 9.78 Å². The molecule has 4 nitrogen and oxygen atoms in total. The lowest BCUT2D eigenvalue weighted by atomic mass is 9.82. The lowest BCUT2D eigenvalue weighted by Crippen LogP contribution is -2.13. The van der Waals surface area contributed by atoms with Crippen molar-refractivity contribution in [2.75, 3.05) is 7.11 Å². The smallest absolute Gasteiger partial charge is 0.337 e. The summed E-state index contributed by atoms with van der Waals surface area (Å²) in [6, 6.07) is 26.2. The van der Waals surface area contributed by atoms with Crippen LogP contribution in [0, 0.1) is 12.8 Å². The fourth-order valence-corrected chi connectivity index (χ4v) is 4.84. The molecule has 1 heterocycles. The number of carbonyl (C=O) groups is 1. The monoisotopic (exact) mass is 463 g/mol. The maximum atomic E-state index is 12.1. The Balaban J connectivity index is 1.53. The van der Waals surface area contributed by atoms with Crippen LogP contribution in [0.3, 0.4) is 0 Å². The maximum Gasteiger partial charge on any atom is 0.337 e. The molecule has 0 radical (unpaired) electrons. The third-order valence-electron chi connectivity index (χ3n) is 6.75. The minimum absolute atomic E-state index is 0.265. The lowest BCUT2D eigenvalue weighted by molar-refractivity contribution is 0.0600. The van der Waals surface area contributed by atoms with Gasteiger partial charge in [0.15, 0.2) is 5.76 Å². The summed E-state index contributed by atoms with van der Waals surface area (Å²) in [5, 5.41) is 0. The Hall–Kier alpha value is -3.92. The number of aryl methyl sites for hydroxylation is 1. The second-order valence-corrected chi connectivity index (χ2v) is 9.05. The van der Waals surface area contributed by atoms with E-state index < -0.39 is 0 Å². The third kappa shape index (κ3) is 4.83. The first-order chi connectivity index (χ1) is 17.1. The van der Waals surface area contributed by atoms with Crippen molar-refractivity contribution in [3.05, 3.63) is 108 Å². The molecule has 0 amide bonds. The van der Waals surface area contributed by atoms with Gasteiger partial charge >= 0.3 is 5.97 Å². The Labute approximate surface area is 206 Å². The molecule has 1 aromatic heterocycles. The topological polar surface area (TPSA) is 52.3 Å². The molecule has 4 aromatic rings. The highest BCUT2D eigenvalue weighted by Gasteiger charge is 2.27. The molecule has 1 unspecified atom stereocenters. The average Bonchev–Trinajstić information content (AvgIpc) is 3.36. The van der Waals surface area contributed by atoms with Gasteiger partial charge < -0.3 is 9.15 Å². The zero-order chi connectivity index (χ0) is 24.2. The molecule has 3 aromatic carbocycles. The number of hydrogen-bond acceptors (Lipinski definition) is 4. The number of rotatable bonds is 6. The highest BCUT2D eigenvalue weighted by molar-refractivity contribution is 5.89. The highest BCUT2D eigenvalue weighted by Crippen LogP contribution is 2.40. The van der Waals surface area contributed by atoms with E-state index >= 15 is 0 Å². The minimum atomic E-state index is -0.307. The minimum Gasteiger partial charge on any atom is -0.465 e. The van der Waals surface area contributed by atoms with Crippen molar-refractivity contribution in [1.29, 1.82) is 0 Å². The van der Waals surface area contributed by atoms with Gasteiger partial charge in [-0.1, -0.05) is 72.8 Å². The van der Waals surface area contributed by atoms with Crippen molar-refractivity contribution in [1.82, 2.24) is 4.98 Å². The van der Waals surface area contributed by atoms with Crippen LogP contribution in [-0.4, -0.2) is 18.1 Å². The first-order valence-electron chi connectivity index (χ1n) is 12.1. The summed E-state index contributed by atoms with van der Waals surface area (Å²) in [6.07, 6.45) is 6.30. The van der Waals surface area contributed by atoms with Gasteiger partial charge in [0.1, 0.15) is 5.69 Å². The van der Waals surface area contributed by atoms with E-state index in [2.05, 4.69) is 37.3 Å². The molecule has 0 fully saturated rings. The van der Waals surface area contributed by atoms with Crippen molar-refractivity contribution in [2.24, 2.45) is 5.92 Å². The van der Waals surface area contributed by atoms with E-state index in [1.54, 1.807) is 0 Å². The molecule has 0 saturated heterocycles. The molecule has 35 heavy (non-hydrogen) atoms. The van der Waals surface area contributed by atoms with Crippen LogP contribution >= 0.6 is 0 Å². The molecule has 0 N–H and O–H groups in total. The number of ether oxygens (including phenoxy) is 1. The molecular formula is C31H29NO3. The summed E-state index contributed by atoms with van der Waals surface area (Å²) in [7, 11) is 1.42. The Morgan fingerprint density at radius 2 is 1.71 bits per heavy atom. The predicted octanol–water partition coefficient (Wildman–Crippen LogP) is 7.53. The first kappa shape index (κ1) is 22.9. The van der Waals surface area contributed by atoms with E-state index in [4.69, 9.17) is 14.1 Å². The normalized spacial score (nSPS) is 15.5. The van der Waals surface area contributed by atoms with E-state index in [0.717, 1.165) is 59.4 Å². The van der Waals surface area contributed by atoms with Gasteiger partial charge in [-0.2, -0.15) is 0 Å². The number of esters is 1. The van der Waals surface area contributed by atoms with Crippen LogP contribution in [0.25, 0.3) is 28.2 Å². The Kier molecular flexibility index (Phi) is 6.62. The van der Waals surface area contributed by atoms with Gasteiger partial charge in [-0.3, -0.25) is 0 Å². The average molecular weight is 464 g/mol. The summed E-state index contributed by atoms with van der Waals surface area (Å²) in [5.74, 6) is 1.44. The third-order valence-corrected chi connectivity index (χ3v) is 6.75. The van der Waals surface area contributed by atoms with Crippen LogP contribution < -0.4 is 0 Å². The number of methoxy groups -OCH3 is 1. The number of carbonyl (C=O) groups excluding carboxylic acids is 1. The second kappa shape index (κ2) is 10.1. The van der Waals surface area contributed by atoms with Gasteiger partial charge in [0.05, 0.1) is 12.7 Å². The van der Waals surface area contributed by atoms with E-state index in [9.17, 15) is 4.79 Å². The number of oxazole rings is 1. The quantitative estimate of drug-likeness (QED) is 0.277. The molecule has 0 bridgehead atoms. The van der Waals surface area contributed by atoms with Crippen molar-refractivity contribution in [3.8, 4) is 22.6 Å². The molecular weight excluding hydrogens is 434 g/mol. The summed E-state index contributed by atoms with van der Waals surface area (Å²) in [4.78, 5) is 17.2. The molecule has 0 saturated carbocycles. The zero-order valence-electron chi connectivity index (χ0n) is 20.2. The van der Waals surface area contributed by atoms with Crippen LogP contribution in [0.1, 0.15) is 46.6 Å². The van der Waals surface area contributed by atoms with E-state index in [1.165, 1.54) is 12.7 Å². The maximum absolute atomic E-state index is 12.1. The largest absolute Gasteiger partial charge is 0.465 e. The predicted molar refractivity (Wildman–Crippen MR) is 139 cm³/mol. The summed E-state index contributed by atoms with van der Waals surface area (Å²) < 4.78 is 11.5. The number of allylic oxidation sites excluding steroid dienone is 2. The second-order valence-electron chi connectivity index (χ2n) is 9.05. The highest BCUT2D eigenvalue weighted by atomic mass is 16.5. The summed E-state index contributed by atoms with van der Waals surface area (Å²) in [6.45, 7) is 2.09. The standard InChI is InChI=1S/C31H29NO3/c1-21-17-18-25(31(33)34-2)20-26(21)19-24-15-9-10-16-27(24)30-32-28(22-11-5-3-6-12-22)29(35-30)23-13-7-4-8-14-23/h3-8,11-14,16-18,20,24H,9-10,15,19H2,1-2H3. The fourth-order valence-electron chi connectivity index (χ4n) is 4.84. The first-order valence-corrected chi connectivity index (χ1v) is 12.1. The summed E-state index contributed by atoms with van der Waals surface area (Å²) in [5.41, 5.74) is 6.98. The van der Waals surface area contributed by atoms with Crippen molar-refractivity contribution in [3.63, 3.8) is 0 Å². The van der Waals surface area contributed by atoms with Crippen LogP contribution in [0.15, 0.2) is 89.4 Å². The molecule has 1 atom stereocenters. The lowest BCUT2D eigenvalue weighted by Gasteiger charge is -2.23. The van der Waals surface area contributed by atoms with E-state index in [-0.39, 0.29) is 11.9 Å². The van der Waals surface area contributed by atoms with Gasteiger partial charge in [0.25, 0.3) is 0 Å². The number of nitrogens with zero attached hydrogens (tertiary/aromatic N) is 1. The Bertz CT molecular complexity index is 1300. The zero-order valence-corrected chi connectivity index (χ0v) is 20.2. The number of benzene rings is 3. The van der Waals surface area contributed by atoms with Crippen molar-refractivity contribution >= 4 is 11.5 Å². The Morgan fingerprint density at radius 1 is 1.00 bits per heavy atom. The van der Waals surface area contributed by atoms with Gasteiger partial charge in [-0.15, -0.1) is 0 Å². The van der Waals surface area contributed by atoms with Crippen LogP contribution in [0.5, 0.6) is 0 Å². The van der Waals surface area contributed by atoms with E-state index in [1.807, 2.05) is 54.6 Å². The SMILES string of the molecule is COC(=O)c1ccc(C)c(CC2CCCC=C2c2nc(-c3ccccc3)c(-c3ccccc3)o2)c1. The fraction of sp³-hybridized carbons (Fsp3) is 0.226. The molecule has 0 aliphatic heterocycles. The molecule has 0 spiro atoms. The summed E-state index contributed by atoms with van der Waals surface area (Å²) >= 11 is 0. The number of aromatic nitrogens is 1. The molecule has 5 rings (SSSR count). The molecule has 176 valence electrons. The molecule has 1 aliphatic rings. The van der Waals surface area contributed by atoms with Gasteiger partial charge in [0, 0.05) is 16.7 Å². The van der Waals surface area contributed by atoms with Crippen LogP contribution in [-0.2, 0) is 11.2 Å². The molecule has 4 heteroatoms. The van der Waals surface area contributed by atoms with Crippen molar-refractivity contribution in [2.45, 2.75) is 32.6 Å². The van der Waals surface area contributed by atoms with E-state index in [0.29, 0.717) is 11.5 Å². The Morgan fingerprint density at radius 3 is 2.43 bits per heavy atom. The van der Waals surface area contributed by atoms with Gasteiger partial charge in [-0.05, 0) is 61.8 Å². The number of hydrogen-bond donors (Lipinski definition) is 0. The van der Waals surface area contributed by atoms with Crippen LogP contribution in [0.4, 0.5) is 0 Å².